The maximum atomic E-state index is 14.7. The monoisotopic (exact) mass is 372 g/mol. The van der Waals surface area contributed by atoms with Crippen molar-refractivity contribution >= 4 is 21.7 Å². The first-order chi connectivity index (χ1) is 13.6. The van der Waals surface area contributed by atoms with E-state index in [4.69, 9.17) is 9.47 Å². The molecule has 0 atom stereocenters. The van der Waals surface area contributed by atoms with Crippen molar-refractivity contribution < 1.29 is 13.9 Å². The van der Waals surface area contributed by atoms with E-state index >= 15 is 0 Å². The number of hydrogen-bond donors (Lipinski definition) is 0. The second-order valence-electron chi connectivity index (χ2n) is 6.47. The van der Waals surface area contributed by atoms with Crippen LogP contribution in [0.25, 0.3) is 27.4 Å². The summed E-state index contributed by atoms with van der Waals surface area (Å²) in [5, 5.41) is 11.4. The molecule has 1 aliphatic heterocycles. The second kappa shape index (κ2) is 5.83. The van der Waals surface area contributed by atoms with Gasteiger partial charge in [-0.3, -0.25) is 4.79 Å². The molecule has 1 aromatic heterocycles. The number of ether oxygens (including phenoxy) is 2. The molecular weight excluding hydrogens is 359 g/mol. The number of halogens is 1. The largest absolute Gasteiger partial charge is 0.487 e. The predicted molar refractivity (Wildman–Crippen MR) is 103 cm³/mol. The first kappa shape index (κ1) is 16.3. The summed E-state index contributed by atoms with van der Waals surface area (Å²) in [4.78, 5) is 12.7. The average Bonchev–Trinajstić information content (AvgIpc) is 2.71. The first-order valence-electron chi connectivity index (χ1n) is 8.78. The quantitative estimate of drug-likeness (QED) is 0.452. The maximum Gasteiger partial charge on any atom is 0.207 e. The van der Waals surface area contributed by atoms with Gasteiger partial charge in [0.05, 0.1) is 17.7 Å². The van der Waals surface area contributed by atoms with E-state index in [0.717, 1.165) is 16.8 Å². The van der Waals surface area contributed by atoms with Crippen molar-refractivity contribution in [2.24, 2.45) is 0 Å². The van der Waals surface area contributed by atoms with Crippen molar-refractivity contribution in [1.29, 1.82) is 5.26 Å². The fraction of sp³-hybridized carbons (Fsp3) is 0.0909. The van der Waals surface area contributed by atoms with Crippen LogP contribution in [0.2, 0.25) is 0 Å². The molecule has 0 spiro atoms. The van der Waals surface area contributed by atoms with Crippen LogP contribution in [0, 0.1) is 17.1 Å². The van der Waals surface area contributed by atoms with Crippen LogP contribution in [0.5, 0.6) is 17.2 Å². The highest BCUT2D eigenvalue weighted by atomic mass is 19.1. The Hall–Kier alpha value is -3.85. The predicted octanol–water partition coefficient (Wildman–Crippen LogP) is 4.66. The molecule has 4 aromatic rings. The summed E-state index contributed by atoms with van der Waals surface area (Å²) in [6, 6.07) is 14.5. The van der Waals surface area contributed by atoms with Crippen LogP contribution >= 0.6 is 0 Å². The minimum Gasteiger partial charge on any atom is -0.487 e. The number of hydrogen-bond acceptors (Lipinski definition) is 4. The minimum atomic E-state index is -0.702. The molecule has 0 saturated heterocycles. The molecule has 0 aliphatic carbocycles. The zero-order valence-electron chi connectivity index (χ0n) is 14.8. The van der Waals surface area contributed by atoms with Crippen molar-refractivity contribution in [3.63, 3.8) is 0 Å². The van der Waals surface area contributed by atoms with Crippen molar-refractivity contribution in [1.82, 2.24) is 4.57 Å². The summed E-state index contributed by atoms with van der Waals surface area (Å²) in [5.74, 6) is -0.119. The maximum absolute atomic E-state index is 14.7. The highest BCUT2D eigenvalue weighted by Crippen LogP contribution is 2.47. The lowest BCUT2D eigenvalue weighted by Crippen LogP contribution is -2.17. The molecule has 0 radical (unpaired) electrons. The van der Waals surface area contributed by atoms with Crippen LogP contribution in [0.4, 0.5) is 4.39 Å². The van der Waals surface area contributed by atoms with Crippen LogP contribution in [-0.2, 0) is 0 Å². The van der Waals surface area contributed by atoms with Crippen molar-refractivity contribution in [2.45, 2.75) is 6.92 Å². The molecule has 136 valence electrons. The molecule has 5 nitrogen and oxygen atoms in total. The van der Waals surface area contributed by atoms with Gasteiger partial charge in [-0.05, 0) is 35.9 Å². The molecule has 1 aliphatic rings. The van der Waals surface area contributed by atoms with Gasteiger partial charge in [-0.25, -0.2) is 4.39 Å². The van der Waals surface area contributed by atoms with Crippen LogP contribution in [0.3, 0.4) is 0 Å². The van der Waals surface area contributed by atoms with Gasteiger partial charge in [-0.1, -0.05) is 24.3 Å². The molecule has 0 bridgehead atoms. The van der Waals surface area contributed by atoms with Crippen LogP contribution in [0.1, 0.15) is 12.5 Å². The van der Waals surface area contributed by atoms with E-state index in [-0.39, 0.29) is 29.1 Å². The van der Waals surface area contributed by atoms with Gasteiger partial charge in [-0.15, -0.1) is 0 Å². The molecule has 2 heterocycles. The highest BCUT2D eigenvalue weighted by Gasteiger charge is 2.28. The van der Waals surface area contributed by atoms with Gasteiger partial charge in [0.2, 0.25) is 5.43 Å². The van der Waals surface area contributed by atoms with Gasteiger partial charge in [0, 0.05) is 6.20 Å². The summed E-state index contributed by atoms with van der Waals surface area (Å²) in [7, 11) is 0. The molecule has 28 heavy (non-hydrogen) atoms. The Balaban J connectivity index is 1.98. The molecule has 6 heteroatoms. The summed E-state index contributed by atoms with van der Waals surface area (Å²) in [6.07, 6.45) is 1.47. The smallest absolute Gasteiger partial charge is 0.207 e. The van der Waals surface area contributed by atoms with Gasteiger partial charge < -0.3 is 14.0 Å². The molecule has 0 N–H and O–H groups in total. The van der Waals surface area contributed by atoms with E-state index in [1.807, 2.05) is 42.5 Å². The molecule has 0 saturated carbocycles. The SMILES string of the molecule is CCOc1c(F)cc2c(=O)c(C#N)cn3c2c1Oc1cc2ccccc2cc1-3. The summed E-state index contributed by atoms with van der Waals surface area (Å²) < 4.78 is 27.9. The Bertz CT molecular complexity index is 1400. The first-order valence-corrected chi connectivity index (χ1v) is 8.78. The van der Waals surface area contributed by atoms with Crippen molar-refractivity contribution in [2.75, 3.05) is 6.61 Å². The Morgan fingerprint density at radius 1 is 1.21 bits per heavy atom. The fourth-order valence-electron chi connectivity index (χ4n) is 3.64. The Morgan fingerprint density at radius 2 is 1.96 bits per heavy atom. The van der Waals surface area contributed by atoms with Crippen molar-refractivity contribution in [3.05, 3.63) is 70.3 Å². The summed E-state index contributed by atoms with van der Waals surface area (Å²) >= 11 is 0. The zero-order chi connectivity index (χ0) is 19.4. The number of pyridine rings is 1. The van der Waals surface area contributed by atoms with Gasteiger partial charge >= 0.3 is 0 Å². The molecule has 0 fully saturated rings. The minimum absolute atomic E-state index is 0.0494. The van der Waals surface area contributed by atoms with E-state index < -0.39 is 11.2 Å². The normalized spacial score (nSPS) is 11.8. The highest BCUT2D eigenvalue weighted by molar-refractivity contribution is 5.95. The van der Waals surface area contributed by atoms with E-state index in [2.05, 4.69) is 0 Å². The zero-order valence-corrected chi connectivity index (χ0v) is 14.8. The Kier molecular flexibility index (Phi) is 3.40. The van der Waals surface area contributed by atoms with Crippen LogP contribution in [0.15, 0.2) is 53.5 Å². The number of fused-ring (bicyclic) bond motifs is 3. The fourth-order valence-corrected chi connectivity index (χ4v) is 3.64. The molecule has 0 amide bonds. The molecular formula is C22H13FN2O3. The van der Waals surface area contributed by atoms with Crippen LogP contribution < -0.4 is 14.9 Å². The summed E-state index contributed by atoms with van der Waals surface area (Å²) in [5.41, 5.74) is 0.450. The third kappa shape index (κ3) is 2.13. The number of nitrogens with zero attached hydrogens (tertiary/aromatic N) is 2. The van der Waals surface area contributed by atoms with Crippen LogP contribution in [-0.4, -0.2) is 11.2 Å². The molecule has 3 aromatic carbocycles. The Morgan fingerprint density at radius 3 is 2.68 bits per heavy atom. The van der Waals surface area contributed by atoms with E-state index in [1.165, 1.54) is 6.20 Å². The Labute approximate surface area is 158 Å². The van der Waals surface area contributed by atoms with Gasteiger partial charge in [-0.2, -0.15) is 5.26 Å². The van der Waals surface area contributed by atoms with Crippen molar-refractivity contribution in [3.8, 4) is 29.0 Å². The molecule has 0 unspecified atom stereocenters. The van der Waals surface area contributed by atoms with E-state index in [9.17, 15) is 14.4 Å². The lowest BCUT2D eigenvalue weighted by molar-refractivity contribution is 0.304. The van der Waals surface area contributed by atoms with E-state index in [0.29, 0.717) is 17.0 Å². The number of aromatic nitrogens is 1. The van der Waals surface area contributed by atoms with E-state index in [1.54, 1.807) is 11.5 Å². The lowest BCUT2D eigenvalue weighted by Gasteiger charge is -2.25. The summed E-state index contributed by atoms with van der Waals surface area (Å²) in [6.45, 7) is 1.98. The standard InChI is InChI=1S/C22H13FN2O3/c1-2-27-21-16(23)9-15-19-22(21)28-18-8-13-6-4-3-5-12(13)7-17(18)25(19)11-14(10-24)20(15)26/h3-9,11H,2H2,1H3. The van der Waals surface area contributed by atoms with Gasteiger partial charge in [0.1, 0.15) is 17.1 Å². The number of benzene rings is 3. The topological polar surface area (TPSA) is 64.2 Å². The number of nitriles is 1. The molecule has 5 rings (SSSR count). The third-order valence-corrected chi connectivity index (χ3v) is 4.86. The third-order valence-electron chi connectivity index (χ3n) is 4.86. The average molecular weight is 372 g/mol. The van der Waals surface area contributed by atoms with Gasteiger partial charge in [0.25, 0.3) is 0 Å². The van der Waals surface area contributed by atoms with Gasteiger partial charge in [0.15, 0.2) is 23.1 Å². The lowest BCUT2D eigenvalue weighted by atomic mass is 10.0. The number of rotatable bonds is 2. The second-order valence-corrected chi connectivity index (χ2v) is 6.47.